The zero-order chi connectivity index (χ0) is 11.4. The molecule has 0 atom stereocenters. The molecule has 0 saturated heterocycles. The number of hydrogen-bond acceptors (Lipinski definition) is 4. The van der Waals surface area contributed by atoms with Crippen LogP contribution in [0.25, 0.3) is 0 Å². The zero-order valence-corrected chi connectivity index (χ0v) is 11.1. The van der Waals surface area contributed by atoms with Gasteiger partial charge in [0, 0.05) is 18.9 Å². The van der Waals surface area contributed by atoms with Gasteiger partial charge in [-0.1, -0.05) is 5.21 Å². The van der Waals surface area contributed by atoms with E-state index in [1.54, 1.807) is 0 Å². The molecule has 2 heterocycles. The lowest BCUT2D eigenvalue weighted by atomic mass is 10.5. The van der Waals surface area contributed by atoms with E-state index >= 15 is 0 Å². The molecule has 0 fully saturated rings. The number of halogens is 1. The van der Waals surface area contributed by atoms with E-state index in [1.807, 2.05) is 35.0 Å². The third-order valence-electron chi connectivity index (χ3n) is 2.10. The topological polar surface area (TPSA) is 60.6 Å². The second kappa shape index (κ2) is 5.39. The van der Waals surface area contributed by atoms with Crippen LogP contribution in [0.1, 0.15) is 5.69 Å². The molecule has 0 aliphatic heterocycles. The fourth-order valence-corrected chi connectivity index (χ4v) is 1.82. The quantitative estimate of drug-likeness (QED) is 0.810. The van der Waals surface area contributed by atoms with Gasteiger partial charge < -0.3 is 5.32 Å². The molecule has 0 unspecified atom stereocenters. The first-order valence-corrected chi connectivity index (χ1v) is 6.07. The zero-order valence-electron chi connectivity index (χ0n) is 8.97. The highest BCUT2D eigenvalue weighted by atomic mass is 127. The van der Waals surface area contributed by atoms with E-state index in [0.29, 0.717) is 0 Å². The van der Waals surface area contributed by atoms with Crippen LogP contribution in [-0.2, 0) is 19.6 Å². The molecule has 0 bridgehead atoms. The van der Waals surface area contributed by atoms with Gasteiger partial charge in [-0.15, -0.1) is 5.10 Å². The Kier molecular flexibility index (Phi) is 3.88. The Bertz CT molecular complexity index is 448. The smallest absolute Gasteiger partial charge is 0.0964 e. The van der Waals surface area contributed by atoms with E-state index in [0.717, 1.165) is 28.9 Å². The van der Waals surface area contributed by atoms with E-state index in [-0.39, 0.29) is 0 Å². The second-order valence-electron chi connectivity index (χ2n) is 3.42. The van der Waals surface area contributed by atoms with E-state index in [4.69, 9.17) is 0 Å². The van der Waals surface area contributed by atoms with Gasteiger partial charge in [-0.25, -0.2) is 0 Å². The van der Waals surface area contributed by atoms with Crippen molar-refractivity contribution < 1.29 is 0 Å². The number of hydrogen-bond donors (Lipinski definition) is 1. The third-order valence-corrected chi connectivity index (χ3v) is 2.66. The van der Waals surface area contributed by atoms with Crippen LogP contribution in [0.2, 0.25) is 0 Å². The predicted molar refractivity (Wildman–Crippen MR) is 67.7 cm³/mol. The van der Waals surface area contributed by atoms with Crippen LogP contribution in [0.5, 0.6) is 0 Å². The van der Waals surface area contributed by atoms with Gasteiger partial charge in [0.25, 0.3) is 0 Å². The van der Waals surface area contributed by atoms with Crippen LogP contribution < -0.4 is 5.32 Å². The third kappa shape index (κ3) is 3.01. The number of nitrogens with one attached hydrogen (secondary N) is 1. The van der Waals surface area contributed by atoms with Crippen molar-refractivity contribution in [2.45, 2.75) is 19.6 Å². The Morgan fingerprint density at radius 3 is 2.81 bits per heavy atom. The Morgan fingerprint density at radius 1 is 1.31 bits per heavy atom. The highest BCUT2D eigenvalue weighted by Crippen LogP contribution is 2.01. The summed E-state index contributed by atoms with van der Waals surface area (Å²) in [6.45, 7) is 2.35. The Labute approximate surface area is 107 Å². The molecule has 0 aromatic carbocycles. The lowest BCUT2D eigenvalue weighted by Crippen LogP contribution is -2.08. The van der Waals surface area contributed by atoms with Crippen molar-refractivity contribution in [1.82, 2.24) is 30.1 Å². The van der Waals surface area contributed by atoms with Crippen LogP contribution in [0.15, 0.2) is 18.6 Å². The van der Waals surface area contributed by atoms with Gasteiger partial charge >= 0.3 is 0 Å². The maximum absolute atomic E-state index is 4.21. The highest BCUT2D eigenvalue weighted by Gasteiger charge is 2.00. The summed E-state index contributed by atoms with van der Waals surface area (Å²) >= 11 is 2.24. The molecule has 1 N–H and O–H groups in total. The van der Waals surface area contributed by atoms with Gasteiger partial charge in [-0.3, -0.25) is 9.36 Å². The molecular weight excluding hydrogens is 319 g/mol. The van der Waals surface area contributed by atoms with Crippen molar-refractivity contribution >= 4 is 22.6 Å². The van der Waals surface area contributed by atoms with Crippen LogP contribution in [0, 0.1) is 3.57 Å². The first-order chi connectivity index (χ1) is 7.78. The SMILES string of the molecule is CNCc1cn(CCn2cc(I)cn2)nn1. The molecule has 0 aliphatic rings. The largest absolute Gasteiger partial charge is 0.314 e. The Hall–Kier alpha value is -0.960. The van der Waals surface area contributed by atoms with Crippen molar-refractivity contribution in [2.75, 3.05) is 7.05 Å². The highest BCUT2D eigenvalue weighted by molar-refractivity contribution is 14.1. The van der Waals surface area contributed by atoms with E-state index in [1.165, 1.54) is 0 Å². The first-order valence-electron chi connectivity index (χ1n) is 4.99. The number of aryl methyl sites for hydroxylation is 2. The fourth-order valence-electron chi connectivity index (χ4n) is 1.38. The summed E-state index contributed by atoms with van der Waals surface area (Å²) in [6, 6.07) is 0. The average molecular weight is 332 g/mol. The first kappa shape index (κ1) is 11.5. The normalized spacial score (nSPS) is 10.9. The molecule has 0 spiro atoms. The molecular formula is C9H13IN6. The fraction of sp³-hybridized carbons (Fsp3) is 0.444. The molecule has 6 nitrogen and oxygen atoms in total. The standard InChI is InChI=1S/C9H13IN6/c1-11-5-9-7-16(14-13-9)3-2-15-6-8(10)4-12-15/h4,6-7,11H,2-3,5H2,1H3. The molecule has 16 heavy (non-hydrogen) atoms. The summed E-state index contributed by atoms with van der Waals surface area (Å²) in [5, 5.41) is 15.3. The van der Waals surface area contributed by atoms with Crippen molar-refractivity contribution in [3.63, 3.8) is 0 Å². The molecule has 0 aliphatic carbocycles. The van der Waals surface area contributed by atoms with Gasteiger partial charge in [0.05, 0.1) is 28.6 Å². The molecule has 2 rings (SSSR count). The number of rotatable bonds is 5. The predicted octanol–water partition coefficient (Wildman–Crippen LogP) is 0.499. The minimum atomic E-state index is 0.750. The second-order valence-corrected chi connectivity index (χ2v) is 4.67. The monoisotopic (exact) mass is 332 g/mol. The molecule has 2 aromatic heterocycles. The molecule has 7 heteroatoms. The summed E-state index contributed by atoms with van der Waals surface area (Å²) in [6.07, 6.45) is 5.80. The lowest BCUT2D eigenvalue weighted by molar-refractivity contribution is 0.489. The van der Waals surface area contributed by atoms with Crippen LogP contribution in [0.4, 0.5) is 0 Å². The molecule has 86 valence electrons. The lowest BCUT2D eigenvalue weighted by Gasteiger charge is -2.00. The van der Waals surface area contributed by atoms with Crippen LogP contribution in [-0.4, -0.2) is 31.8 Å². The molecule has 0 radical (unpaired) electrons. The van der Waals surface area contributed by atoms with Gasteiger partial charge in [-0.2, -0.15) is 5.10 Å². The van der Waals surface area contributed by atoms with Gasteiger partial charge in [0.1, 0.15) is 0 Å². The summed E-state index contributed by atoms with van der Waals surface area (Å²) in [5.74, 6) is 0. The van der Waals surface area contributed by atoms with E-state index < -0.39 is 0 Å². The molecule has 0 saturated carbocycles. The minimum Gasteiger partial charge on any atom is -0.314 e. The Morgan fingerprint density at radius 2 is 2.12 bits per heavy atom. The average Bonchev–Trinajstić information content (AvgIpc) is 2.85. The van der Waals surface area contributed by atoms with Crippen molar-refractivity contribution in [1.29, 1.82) is 0 Å². The minimum absolute atomic E-state index is 0.750. The summed E-state index contributed by atoms with van der Waals surface area (Å²) in [7, 11) is 1.89. The number of aromatic nitrogens is 5. The molecule has 0 amide bonds. The summed E-state index contributed by atoms with van der Waals surface area (Å²) in [4.78, 5) is 0. The van der Waals surface area contributed by atoms with Gasteiger partial charge in [0.15, 0.2) is 0 Å². The van der Waals surface area contributed by atoms with Crippen molar-refractivity contribution in [3.05, 3.63) is 27.9 Å². The van der Waals surface area contributed by atoms with Gasteiger partial charge in [0.2, 0.25) is 0 Å². The van der Waals surface area contributed by atoms with Crippen LogP contribution in [0.3, 0.4) is 0 Å². The van der Waals surface area contributed by atoms with Gasteiger partial charge in [-0.05, 0) is 29.6 Å². The van der Waals surface area contributed by atoms with E-state index in [9.17, 15) is 0 Å². The maximum atomic E-state index is 4.21. The van der Waals surface area contributed by atoms with Crippen molar-refractivity contribution in [3.8, 4) is 0 Å². The molecule has 2 aromatic rings. The maximum Gasteiger partial charge on any atom is 0.0964 e. The van der Waals surface area contributed by atoms with Crippen LogP contribution >= 0.6 is 22.6 Å². The summed E-state index contributed by atoms with van der Waals surface area (Å²) in [5.41, 5.74) is 0.956. The summed E-state index contributed by atoms with van der Waals surface area (Å²) < 4.78 is 4.88. The van der Waals surface area contributed by atoms with Crippen molar-refractivity contribution in [2.24, 2.45) is 0 Å². The Balaban J connectivity index is 1.89. The van der Waals surface area contributed by atoms with E-state index in [2.05, 4.69) is 43.3 Å². The number of nitrogens with zero attached hydrogens (tertiary/aromatic N) is 5.